The molecule has 1 N–H and O–H groups in total. The molecule has 0 radical (unpaired) electrons. The van der Waals surface area contributed by atoms with Gasteiger partial charge in [-0.05, 0) is 30.5 Å². The van der Waals surface area contributed by atoms with Crippen LogP contribution in [0.4, 0.5) is 26.3 Å². The number of pyridine rings is 1. The molecule has 170 valence electrons. The summed E-state index contributed by atoms with van der Waals surface area (Å²) in [5, 5.41) is 10.6. The quantitative estimate of drug-likeness (QED) is 0.536. The van der Waals surface area contributed by atoms with Crippen LogP contribution in [0.1, 0.15) is 34.0 Å². The van der Waals surface area contributed by atoms with Gasteiger partial charge in [0.15, 0.2) is 0 Å². The smallest absolute Gasteiger partial charge is 0.369 e. The highest BCUT2D eigenvalue weighted by Crippen LogP contribution is 2.50. The largest absolute Gasteiger partial charge is 0.430 e. The Morgan fingerprint density at radius 1 is 1.13 bits per heavy atom. The van der Waals surface area contributed by atoms with Crippen molar-refractivity contribution < 1.29 is 41.1 Å². The molecule has 0 aliphatic heterocycles. The third-order valence-corrected chi connectivity index (χ3v) is 4.87. The van der Waals surface area contributed by atoms with Gasteiger partial charge in [-0.2, -0.15) is 26.3 Å². The summed E-state index contributed by atoms with van der Waals surface area (Å²) in [6.45, 7) is 3.06. The van der Waals surface area contributed by atoms with Gasteiger partial charge in [0.25, 0.3) is 11.5 Å². The first-order valence-electron chi connectivity index (χ1n) is 8.97. The van der Waals surface area contributed by atoms with Crippen molar-refractivity contribution in [3.8, 4) is 11.3 Å². The highest BCUT2D eigenvalue weighted by Gasteiger charge is 2.71. The van der Waals surface area contributed by atoms with Crippen LogP contribution in [0.15, 0.2) is 30.5 Å². The van der Waals surface area contributed by atoms with Gasteiger partial charge in [0.2, 0.25) is 0 Å². The number of aliphatic hydroxyl groups is 1. The topological polar surface area (TPSA) is 62.7 Å². The summed E-state index contributed by atoms with van der Waals surface area (Å²) in [7, 11) is 2.70. The Labute approximate surface area is 174 Å². The summed E-state index contributed by atoms with van der Waals surface area (Å²) in [5.74, 6) is -0.483. The number of amides is 1. The minimum absolute atomic E-state index is 0.0414. The zero-order valence-electron chi connectivity index (χ0n) is 17.0. The molecule has 0 unspecified atom stereocenters. The molecule has 0 spiro atoms. The van der Waals surface area contributed by atoms with Crippen LogP contribution in [0, 0.1) is 6.92 Å². The van der Waals surface area contributed by atoms with E-state index in [1.165, 1.54) is 33.3 Å². The van der Waals surface area contributed by atoms with Gasteiger partial charge in [0.1, 0.15) is 0 Å². The fourth-order valence-corrected chi connectivity index (χ4v) is 3.05. The van der Waals surface area contributed by atoms with E-state index in [1.54, 1.807) is 6.92 Å². The number of hydroxylamine groups is 2. The second kappa shape index (κ2) is 8.46. The first-order valence-corrected chi connectivity index (χ1v) is 8.97. The minimum atomic E-state index is -5.97. The number of rotatable bonds is 5. The van der Waals surface area contributed by atoms with Crippen LogP contribution in [-0.4, -0.2) is 47.6 Å². The molecule has 1 aromatic heterocycles. The average Bonchev–Trinajstić information content (AvgIpc) is 2.69. The van der Waals surface area contributed by atoms with Crippen molar-refractivity contribution in [2.45, 2.75) is 38.2 Å². The van der Waals surface area contributed by atoms with Crippen molar-refractivity contribution in [2.75, 3.05) is 14.2 Å². The lowest BCUT2D eigenvalue weighted by Gasteiger charge is -2.33. The second-order valence-electron chi connectivity index (χ2n) is 6.81. The fourth-order valence-electron chi connectivity index (χ4n) is 3.05. The average molecular weight is 450 g/mol. The molecule has 0 saturated heterocycles. The van der Waals surface area contributed by atoms with Crippen LogP contribution in [-0.2, 0) is 16.9 Å². The SMILES string of the molecule is CCc1cc(C(=O)N(C)OC)cnc1-c1ccc(C(O)(C(F)(F)F)C(F)(F)F)cc1C. The van der Waals surface area contributed by atoms with E-state index in [4.69, 9.17) is 4.84 Å². The molecule has 0 bridgehead atoms. The van der Waals surface area contributed by atoms with Crippen LogP contribution in [0.5, 0.6) is 0 Å². The first-order chi connectivity index (χ1) is 14.2. The standard InChI is InChI=1S/C20H20F6N2O3/c1-5-12-9-13(17(29)28(3)31-4)10-27-16(12)15-7-6-14(8-11(15)2)18(30,19(21,22)23)20(24,25)26/h6-10,30H,5H2,1-4H3. The summed E-state index contributed by atoms with van der Waals surface area (Å²) in [4.78, 5) is 21.2. The van der Waals surface area contributed by atoms with E-state index in [0.717, 1.165) is 11.1 Å². The Balaban J connectivity index is 2.59. The third-order valence-electron chi connectivity index (χ3n) is 4.87. The van der Waals surface area contributed by atoms with E-state index >= 15 is 0 Å². The van der Waals surface area contributed by atoms with E-state index in [2.05, 4.69) is 4.98 Å². The molecular weight excluding hydrogens is 430 g/mol. The van der Waals surface area contributed by atoms with E-state index in [9.17, 15) is 36.2 Å². The summed E-state index contributed by atoms with van der Waals surface area (Å²) >= 11 is 0. The number of nitrogens with zero attached hydrogens (tertiary/aromatic N) is 2. The Hall–Kier alpha value is -2.66. The van der Waals surface area contributed by atoms with Crippen LogP contribution in [0.25, 0.3) is 11.3 Å². The van der Waals surface area contributed by atoms with Gasteiger partial charge in [0.05, 0.1) is 18.4 Å². The van der Waals surface area contributed by atoms with E-state index in [-0.39, 0.29) is 16.7 Å². The molecular formula is C20H20F6N2O3. The molecule has 2 aromatic rings. The molecule has 0 saturated carbocycles. The molecule has 0 fully saturated rings. The Morgan fingerprint density at radius 3 is 2.16 bits per heavy atom. The van der Waals surface area contributed by atoms with Crippen molar-refractivity contribution in [3.63, 3.8) is 0 Å². The van der Waals surface area contributed by atoms with Crippen LogP contribution >= 0.6 is 0 Å². The van der Waals surface area contributed by atoms with Gasteiger partial charge in [-0.3, -0.25) is 14.6 Å². The molecule has 0 aliphatic rings. The van der Waals surface area contributed by atoms with Gasteiger partial charge in [0, 0.05) is 24.4 Å². The molecule has 11 heteroatoms. The van der Waals surface area contributed by atoms with Crippen LogP contribution in [0.3, 0.4) is 0 Å². The predicted molar refractivity (Wildman–Crippen MR) is 98.9 cm³/mol. The summed E-state index contributed by atoms with van der Waals surface area (Å²) in [6.07, 6.45) is -10.3. The molecule has 5 nitrogen and oxygen atoms in total. The van der Waals surface area contributed by atoms with Crippen molar-refractivity contribution in [1.82, 2.24) is 10.0 Å². The van der Waals surface area contributed by atoms with Crippen molar-refractivity contribution in [1.29, 1.82) is 0 Å². The molecule has 1 amide bonds. The van der Waals surface area contributed by atoms with Gasteiger partial charge in [-0.1, -0.05) is 25.1 Å². The van der Waals surface area contributed by atoms with E-state index in [1.807, 2.05) is 0 Å². The number of carbonyl (C=O) groups excluding carboxylic acids is 1. The molecule has 2 rings (SSSR count). The number of halogens is 6. The lowest BCUT2D eigenvalue weighted by Crippen LogP contribution is -2.53. The van der Waals surface area contributed by atoms with Crippen molar-refractivity contribution >= 4 is 5.91 Å². The molecule has 1 heterocycles. The maximum atomic E-state index is 13.1. The van der Waals surface area contributed by atoms with Gasteiger partial charge >= 0.3 is 12.4 Å². The number of carbonyl (C=O) groups is 1. The zero-order valence-corrected chi connectivity index (χ0v) is 17.0. The molecule has 0 aliphatic carbocycles. The fraction of sp³-hybridized carbons (Fsp3) is 0.400. The van der Waals surface area contributed by atoms with Crippen LogP contribution in [0.2, 0.25) is 0 Å². The Bertz CT molecular complexity index is 958. The van der Waals surface area contributed by atoms with Gasteiger partial charge < -0.3 is 5.11 Å². The first kappa shape index (κ1) is 24.6. The zero-order chi connectivity index (χ0) is 23.8. The number of alkyl halides is 6. The predicted octanol–water partition coefficient (Wildman–Crippen LogP) is 4.57. The maximum Gasteiger partial charge on any atom is 0.430 e. The second-order valence-corrected chi connectivity index (χ2v) is 6.81. The summed E-state index contributed by atoms with van der Waals surface area (Å²) in [6, 6.07) is 3.77. The van der Waals surface area contributed by atoms with Gasteiger partial charge in [-0.25, -0.2) is 5.06 Å². The third kappa shape index (κ3) is 4.38. The van der Waals surface area contributed by atoms with Crippen LogP contribution < -0.4 is 0 Å². The van der Waals surface area contributed by atoms with E-state index < -0.39 is 29.4 Å². The van der Waals surface area contributed by atoms with Crippen molar-refractivity contribution in [3.05, 3.63) is 52.7 Å². The maximum absolute atomic E-state index is 13.1. The number of benzene rings is 1. The lowest BCUT2D eigenvalue weighted by atomic mass is 9.88. The highest BCUT2D eigenvalue weighted by atomic mass is 19.4. The molecule has 31 heavy (non-hydrogen) atoms. The summed E-state index contributed by atoms with van der Waals surface area (Å²) in [5.41, 5.74) is -5.00. The normalized spacial score (nSPS) is 12.7. The number of aromatic nitrogens is 1. The number of hydrogen-bond acceptors (Lipinski definition) is 4. The Morgan fingerprint density at radius 2 is 1.71 bits per heavy atom. The summed E-state index contributed by atoms with van der Waals surface area (Å²) < 4.78 is 78.9. The Kier molecular flexibility index (Phi) is 6.72. The van der Waals surface area contributed by atoms with Crippen molar-refractivity contribution in [2.24, 2.45) is 0 Å². The monoisotopic (exact) mass is 450 g/mol. The van der Waals surface area contributed by atoms with E-state index in [0.29, 0.717) is 29.8 Å². The highest BCUT2D eigenvalue weighted by molar-refractivity contribution is 5.93. The molecule has 0 atom stereocenters. The number of hydrogen-bond donors (Lipinski definition) is 1. The number of aryl methyl sites for hydroxylation is 2. The molecule has 1 aromatic carbocycles. The minimum Gasteiger partial charge on any atom is -0.369 e. The van der Waals surface area contributed by atoms with Gasteiger partial charge in [-0.15, -0.1) is 0 Å². The lowest BCUT2D eigenvalue weighted by molar-refractivity contribution is -0.376.